The summed E-state index contributed by atoms with van der Waals surface area (Å²) in [4.78, 5) is 24.3. The third-order valence-electron chi connectivity index (χ3n) is 4.52. The molecule has 1 aliphatic heterocycles. The lowest BCUT2D eigenvalue weighted by atomic mass is 10.1. The predicted molar refractivity (Wildman–Crippen MR) is 106 cm³/mol. The lowest BCUT2D eigenvalue weighted by molar-refractivity contribution is 0.102. The molecule has 7 nitrogen and oxygen atoms in total. The topological polar surface area (TPSA) is 104 Å². The highest BCUT2D eigenvalue weighted by Crippen LogP contribution is 2.32. The van der Waals surface area contributed by atoms with Crippen LogP contribution >= 0.6 is 11.3 Å². The van der Waals surface area contributed by atoms with Gasteiger partial charge in [-0.15, -0.1) is 11.3 Å². The maximum atomic E-state index is 12.5. The molecule has 2 N–H and O–H groups in total. The maximum absolute atomic E-state index is 12.5. The first-order chi connectivity index (χ1) is 13.7. The van der Waals surface area contributed by atoms with Gasteiger partial charge in [-0.2, -0.15) is 5.26 Å². The van der Waals surface area contributed by atoms with Crippen molar-refractivity contribution in [1.82, 2.24) is 15.0 Å². The lowest BCUT2D eigenvalue weighted by Crippen LogP contribution is -2.13. The average Bonchev–Trinajstić information content (AvgIpc) is 3.44. The molecule has 0 spiro atoms. The Kier molecular flexibility index (Phi) is 3.81. The maximum Gasteiger partial charge on any atom is 0.277 e. The van der Waals surface area contributed by atoms with Gasteiger partial charge < -0.3 is 9.72 Å². The van der Waals surface area contributed by atoms with Crippen molar-refractivity contribution in [3.63, 3.8) is 0 Å². The molecule has 0 saturated heterocycles. The molecule has 2 aromatic carbocycles. The monoisotopic (exact) mass is 387 g/mol. The highest BCUT2D eigenvalue weighted by Gasteiger charge is 2.17. The van der Waals surface area contributed by atoms with Gasteiger partial charge in [0, 0.05) is 17.4 Å². The quantitative estimate of drug-likeness (QED) is 0.557. The van der Waals surface area contributed by atoms with Gasteiger partial charge in [0.15, 0.2) is 0 Å². The zero-order chi connectivity index (χ0) is 19.1. The molecule has 3 heterocycles. The number of anilines is 1. The number of nitrogens with one attached hydrogen (secondary N) is 2. The zero-order valence-electron chi connectivity index (χ0n) is 14.5. The number of aromatic nitrogens is 3. The number of carbonyl (C=O) groups excluding carboxylic acids is 1. The highest BCUT2D eigenvalue weighted by atomic mass is 32.1. The van der Waals surface area contributed by atoms with Gasteiger partial charge in [-0.25, -0.2) is 9.97 Å². The number of hydrogen-bond donors (Lipinski definition) is 2. The lowest BCUT2D eigenvalue weighted by Gasteiger charge is -2.01. The van der Waals surface area contributed by atoms with Gasteiger partial charge in [0.25, 0.3) is 5.91 Å². The molecule has 136 valence electrons. The van der Waals surface area contributed by atoms with E-state index in [1.54, 1.807) is 23.6 Å². The number of nitriles is 1. The Hall–Kier alpha value is -3.70. The third kappa shape index (κ3) is 2.88. The smallest absolute Gasteiger partial charge is 0.277 e. The number of hydrogen-bond acceptors (Lipinski definition) is 6. The normalized spacial score (nSPS) is 12.4. The average molecular weight is 387 g/mol. The van der Waals surface area contributed by atoms with Gasteiger partial charge in [-0.05, 0) is 42.0 Å². The van der Waals surface area contributed by atoms with Gasteiger partial charge in [0.2, 0.25) is 5.95 Å². The first kappa shape index (κ1) is 16.5. The molecular formula is C20H13N5O2S. The van der Waals surface area contributed by atoms with E-state index in [1.807, 2.05) is 12.1 Å². The zero-order valence-corrected chi connectivity index (χ0v) is 15.3. The van der Waals surface area contributed by atoms with E-state index < -0.39 is 0 Å². The second kappa shape index (κ2) is 6.48. The van der Waals surface area contributed by atoms with Gasteiger partial charge in [-0.1, -0.05) is 0 Å². The summed E-state index contributed by atoms with van der Waals surface area (Å²) in [6.45, 7) is 0.706. The fourth-order valence-corrected chi connectivity index (χ4v) is 3.94. The van der Waals surface area contributed by atoms with E-state index in [9.17, 15) is 4.79 Å². The van der Waals surface area contributed by atoms with Crippen molar-refractivity contribution in [3.05, 3.63) is 58.6 Å². The van der Waals surface area contributed by atoms with Crippen LogP contribution in [0.5, 0.6) is 5.75 Å². The largest absolute Gasteiger partial charge is 0.493 e. The molecule has 1 amide bonds. The van der Waals surface area contributed by atoms with E-state index in [0.717, 1.165) is 28.3 Å². The molecule has 5 rings (SSSR count). The number of benzene rings is 2. The van der Waals surface area contributed by atoms with E-state index >= 15 is 0 Å². The van der Waals surface area contributed by atoms with Gasteiger partial charge in [0.05, 0.1) is 29.3 Å². The van der Waals surface area contributed by atoms with Crippen LogP contribution in [-0.4, -0.2) is 27.5 Å². The van der Waals surface area contributed by atoms with Crippen LogP contribution in [0.15, 0.2) is 41.8 Å². The minimum absolute atomic E-state index is 0.319. The summed E-state index contributed by atoms with van der Waals surface area (Å²) < 4.78 is 5.53. The summed E-state index contributed by atoms with van der Waals surface area (Å²) >= 11 is 1.42. The van der Waals surface area contributed by atoms with Gasteiger partial charge in [-0.3, -0.25) is 10.1 Å². The van der Waals surface area contributed by atoms with Crippen LogP contribution in [0.4, 0.5) is 5.95 Å². The molecular weight excluding hydrogens is 374 g/mol. The minimum atomic E-state index is -0.341. The Morgan fingerprint density at radius 2 is 2.18 bits per heavy atom. The molecule has 0 atom stereocenters. The molecule has 2 aromatic heterocycles. The number of H-pyrrole nitrogens is 1. The van der Waals surface area contributed by atoms with Crippen LogP contribution in [0, 0.1) is 11.3 Å². The Morgan fingerprint density at radius 1 is 1.25 bits per heavy atom. The van der Waals surface area contributed by atoms with Crippen molar-refractivity contribution < 1.29 is 9.53 Å². The van der Waals surface area contributed by atoms with Crippen molar-refractivity contribution >= 4 is 34.2 Å². The van der Waals surface area contributed by atoms with E-state index in [-0.39, 0.29) is 5.91 Å². The summed E-state index contributed by atoms with van der Waals surface area (Å²) in [6.07, 6.45) is 0.890. The van der Waals surface area contributed by atoms with Gasteiger partial charge in [0.1, 0.15) is 16.5 Å². The van der Waals surface area contributed by atoms with E-state index in [4.69, 9.17) is 10.00 Å². The highest BCUT2D eigenvalue weighted by molar-refractivity contribution is 7.13. The number of fused-ring (bicyclic) bond motifs is 2. The van der Waals surface area contributed by atoms with Crippen LogP contribution in [0.25, 0.3) is 21.6 Å². The van der Waals surface area contributed by atoms with E-state index in [0.29, 0.717) is 34.8 Å². The van der Waals surface area contributed by atoms with Crippen LogP contribution in [0.1, 0.15) is 21.6 Å². The Balaban J connectivity index is 1.37. The number of nitrogens with zero attached hydrogens (tertiary/aromatic N) is 3. The van der Waals surface area contributed by atoms with E-state index in [2.05, 4.69) is 32.4 Å². The molecule has 8 heteroatoms. The summed E-state index contributed by atoms with van der Waals surface area (Å²) in [5.74, 6) is 0.897. The molecule has 0 fully saturated rings. The number of carbonyl (C=O) groups is 1. The first-order valence-electron chi connectivity index (χ1n) is 8.62. The Bertz CT molecular complexity index is 1270. The van der Waals surface area contributed by atoms with Crippen molar-refractivity contribution in [3.8, 4) is 22.4 Å². The van der Waals surface area contributed by atoms with Crippen molar-refractivity contribution in [1.29, 1.82) is 5.26 Å². The molecule has 0 saturated carbocycles. The minimum Gasteiger partial charge on any atom is -0.493 e. The van der Waals surface area contributed by atoms with Gasteiger partial charge >= 0.3 is 0 Å². The molecule has 28 heavy (non-hydrogen) atoms. The summed E-state index contributed by atoms with van der Waals surface area (Å²) in [5.41, 5.74) is 4.36. The van der Waals surface area contributed by atoms with Crippen molar-refractivity contribution in [2.24, 2.45) is 0 Å². The third-order valence-corrected chi connectivity index (χ3v) is 5.41. The summed E-state index contributed by atoms with van der Waals surface area (Å²) in [7, 11) is 0. The van der Waals surface area contributed by atoms with Crippen LogP contribution in [0.2, 0.25) is 0 Å². The molecule has 0 unspecified atom stereocenters. The second-order valence-corrected chi connectivity index (χ2v) is 7.20. The molecule has 4 aromatic rings. The second-order valence-electron chi connectivity index (χ2n) is 6.34. The first-order valence-corrected chi connectivity index (χ1v) is 9.50. The molecule has 0 radical (unpaired) electrons. The fourth-order valence-electron chi connectivity index (χ4n) is 3.14. The van der Waals surface area contributed by atoms with Crippen molar-refractivity contribution in [2.75, 3.05) is 11.9 Å². The number of imidazole rings is 1. The standard InChI is InChI=1S/C20H13N5O2S/c21-9-11-1-3-14-15(7-11)24-20(23-14)25-18(26)16-10-28-19(22-16)13-2-4-17-12(8-13)5-6-27-17/h1-4,7-8,10H,5-6H2,(H2,23,24,25,26). The van der Waals surface area contributed by atoms with Crippen LogP contribution < -0.4 is 10.1 Å². The molecule has 0 aliphatic carbocycles. The fraction of sp³-hybridized carbons (Fsp3) is 0.100. The molecule has 0 bridgehead atoms. The number of thiazole rings is 1. The Labute approximate surface area is 163 Å². The van der Waals surface area contributed by atoms with Crippen LogP contribution in [-0.2, 0) is 6.42 Å². The number of amides is 1. The van der Waals surface area contributed by atoms with Crippen LogP contribution in [0.3, 0.4) is 0 Å². The Morgan fingerprint density at radius 3 is 3.07 bits per heavy atom. The number of rotatable bonds is 3. The molecule has 1 aliphatic rings. The SMILES string of the molecule is N#Cc1ccc2nc(NC(=O)c3csc(-c4ccc5c(c4)CCO5)n3)[nH]c2c1. The number of ether oxygens (including phenoxy) is 1. The summed E-state index contributed by atoms with van der Waals surface area (Å²) in [6, 6.07) is 13.2. The van der Waals surface area contributed by atoms with E-state index in [1.165, 1.54) is 11.3 Å². The predicted octanol–water partition coefficient (Wildman–Crippen LogP) is 3.75. The van der Waals surface area contributed by atoms with Crippen molar-refractivity contribution in [2.45, 2.75) is 6.42 Å². The number of aromatic amines is 1. The summed E-state index contributed by atoms with van der Waals surface area (Å²) in [5, 5.41) is 14.2.